The maximum Gasteiger partial charge on any atom is 0.266 e. The monoisotopic (exact) mass is 496 g/mol. The van der Waals surface area contributed by atoms with E-state index in [0.717, 1.165) is 14.5 Å². The van der Waals surface area contributed by atoms with Crippen molar-refractivity contribution >= 4 is 61.1 Å². The second-order valence-electron chi connectivity index (χ2n) is 5.30. The number of nitriles is 1. The maximum absolute atomic E-state index is 12.5. The van der Waals surface area contributed by atoms with E-state index in [2.05, 4.69) is 37.2 Å². The molecule has 0 spiro atoms. The van der Waals surface area contributed by atoms with Crippen LogP contribution in [0, 0.1) is 18.3 Å². The van der Waals surface area contributed by atoms with Gasteiger partial charge in [0.15, 0.2) is 0 Å². The lowest BCUT2D eigenvalue weighted by atomic mass is 10.1. The van der Waals surface area contributed by atoms with Crippen molar-refractivity contribution in [2.45, 2.75) is 13.8 Å². The SMILES string of the molecule is CCOc1c(Br)cc(/C=C(\C#N)C(=O)Nc2c(C)cccc2Cl)cc1Br. The molecule has 0 atom stereocenters. The van der Waals surface area contributed by atoms with Gasteiger partial charge in [0.05, 0.1) is 26.3 Å². The summed E-state index contributed by atoms with van der Waals surface area (Å²) in [5, 5.41) is 12.5. The summed E-state index contributed by atoms with van der Waals surface area (Å²) in [4.78, 5) is 12.5. The van der Waals surface area contributed by atoms with Crippen LogP contribution in [0.3, 0.4) is 0 Å². The van der Waals surface area contributed by atoms with Gasteiger partial charge in [-0.15, -0.1) is 0 Å². The van der Waals surface area contributed by atoms with E-state index in [1.165, 1.54) is 6.08 Å². The molecule has 0 aliphatic heterocycles. The molecule has 26 heavy (non-hydrogen) atoms. The number of carbonyl (C=O) groups is 1. The van der Waals surface area contributed by atoms with Crippen LogP contribution in [0.4, 0.5) is 5.69 Å². The highest BCUT2D eigenvalue weighted by Gasteiger charge is 2.14. The molecule has 2 aromatic carbocycles. The first-order valence-corrected chi connectivity index (χ1v) is 9.63. The lowest BCUT2D eigenvalue weighted by molar-refractivity contribution is -0.112. The highest BCUT2D eigenvalue weighted by atomic mass is 79.9. The van der Waals surface area contributed by atoms with Crippen molar-refractivity contribution in [2.24, 2.45) is 0 Å². The first-order valence-electron chi connectivity index (χ1n) is 7.67. The maximum atomic E-state index is 12.5. The van der Waals surface area contributed by atoms with Gasteiger partial charge in [0, 0.05) is 0 Å². The molecule has 0 unspecified atom stereocenters. The van der Waals surface area contributed by atoms with Gasteiger partial charge in [-0.2, -0.15) is 5.26 Å². The molecule has 134 valence electrons. The minimum absolute atomic E-state index is 0.0349. The van der Waals surface area contributed by atoms with Gasteiger partial charge in [-0.3, -0.25) is 4.79 Å². The fourth-order valence-electron chi connectivity index (χ4n) is 2.23. The molecule has 0 fully saturated rings. The Morgan fingerprint density at radius 3 is 2.54 bits per heavy atom. The second kappa shape index (κ2) is 9.22. The minimum atomic E-state index is -0.523. The Hall–Kier alpha value is -1.81. The topological polar surface area (TPSA) is 62.1 Å². The fourth-order valence-corrected chi connectivity index (χ4v) is 3.95. The highest BCUT2D eigenvalue weighted by molar-refractivity contribution is 9.11. The Labute approximate surface area is 174 Å². The van der Waals surface area contributed by atoms with E-state index >= 15 is 0 Å². The molecular weight excluding hydrogens is 483 g/mol. The number of rotatable bonds is 5. The molecule has 0 aliphatic rings. The van der Waals surface area contributed by atoms with E-state index in [1.54, 1.807) is 24.3 Å². The molecular formula is C19H15Br2ClN2O2. The van der Waals surface area contributed by atoms with Crippen molar-refractivity contribution in [3.05, 3.63) is 61.0 Å². The van der Waals surface area contributed by atoms with Crippen LogP contribution in [0.5, 0.6) is 5.75 Å². The average molecular weight is 499 g/mol. The van der Waals surface area contributed by atoms with E-state index < -0.39 is 5.91 Å². The Morgan fingerprint density at radius 1 is 1.35 bits per heavy atom. The number of aryl methyl sites for hydroxylation is 1. The fraction of sp³-hybridized carbons (Fsp3) is 0.158. The van der Waals surface area contributed by atoms with Gasteiger partial charge in [0.1, 0.15) is 17.4 Å². The summed E-state index contributed by atoms with van der Waals surface area (Å²) in [6, 6.07) is 10.8. The molecule has 0 bridgehead atoms. The normalized spacial score (nSPS) is 11.0. The van der Waals surface area contributed by atoms with Gasteiger partial charge in [-0.25, -0.2) is 0 Å². The zero-order chi connectivity index (χ0) is 19.3. The van der Waals surface area contributed by atoms with Crippen LogP contribution in [-0.4, -0.2) is 12.5 Å². The van der Waals surface area contributed by atoms with Crippen LogP contribution in [0.1, 0.15) is 18.1 Å². The largest absolute Gasteiger partial charge is 0.492 e. The minimum Gasteiger partial charge on any atom is -0.492 e. The smallest absolute Gasteiger partial charge is 0.266 e. The van der Waals surface area contributed by atoms with Gasteiger partial charge in [0.25, 0.3) is 5.91 Å². The molecule has 0 heterocycles. The molecule has 0 aliphatic carbocycles. The van der Waals surface area contributed by atoms with E-state index in [9.17, 15) is 10.1 Å². The molecule has 0 radical (unpaired) electrons. The number of ether oxygens (including phenoxy) is 1. The third-order valence-corrected chi connectivity index (χ3v) is 4.94. The summed E-state index contributed by atoms with van der Waals surface area (Å²) < 4.78 is 6.98. The number of nitrogens with zero attached hydrogens (tertiary/aromatic N) is 1. The van der Waals surface area contributed by atoms with Crippen LogP contribution in [0.25, 0.3) is 6.08 Å². The number of benzene rings is 2. The zero-order valence-electron chi connectivity index (χ0n) is 14.1. The lowest BCUT2D eigenvalue weighted by Crippen LogP contribution is -2.14. The van der Waals surface area contributed by atoms with Gasteiger partial charge in [-0.1, -0.05) is 23.7 Å². The van der Waals surface area contributed by atoms with Crippen LogP contribution < -0.4 is 10.1 Å². The van der Waals surface area contributed by atoms with Crippen molar-refractivity contribution in [2.75, 3.05) is 11.9 Å². The number of halogens is 3. The van der Waals surface area contributed by atoms with Crippen molar-refractivity contribution in [3.63, 3.8) is 0 Å². The molecule has 2 aromatic rings. The van der Waals surface area contributed by atoms with E-state index in [0.29, 0.717) is 28.6 Å². The number of anilines is 1. The summed E-state index contributed by atoms with van der Waals surface area (Å²) in [7, 11) is 0. The first kappa shape index (κ1) is 20.5. The molecule has 0 saturated heterocycles. The number of amides is 1. The zero-order valence-corrected chi connectivity index (χ0v) is 18.0. The molecule has 4 nitrogen and oxygen atoms in total. The number of carbonyl (C=O) groups excluding carboxylic acids is 1. The van der Waals surface area contributed by atoms with E-state index in [-0.39, 0.29) is 5.57 Å². The highest BCUT2D eigenvalue weighted by Crippen LogP contribution is 2.35. The van der Waals surface area contributed by atoms with Crippen LogP contribution in [-0.2, 0) is 4.79 Å². The molecule has 0 aromatic heterocycles. The Bertz CT molecular complexity index is 877. The van der Waals surface area contributed by atoms with Crippen LogP contribution in [0.15, 0.2) is 44.9 Å². The third-order valence-electron chi connectivity index (χ3n) is 3.45. The van der Waals surface area contributed by atoms with Crippen molar-refractivity contribution in [3.8, 4) is 11.8 Å². The number of nitrogens with one attached hydrogen (secondary N) is 1. The van der Waals surface area contributed by atoms with Crippen LogP contribution in [0.2, 0.25) is 5.02 Å². The Balaban J connectivity index is 2.33. The molecule has 1 N–H and O–H groups in total. The Morgan fingerprint density at radius 2 is 2.00 bits per heavy atom. The number of para-hydroxylation sites is 1. The van der Waals surface area contributed by atoms with Gasteiger partial charge >= 0.3 is 0 Å². The summed E-state index contributed by atoms with van der Waals surface area (Å²) in [6.07, 6.45) is 1.51. The summed E-state index contributed by atoms with van der Waals surface area (Å²) in [5.41, 5.74) is 1.95. The molecule has 7 heteroatoms. The van der Waals surface area contributed by atoms with E-state index in [4.69, 9.17) is 16.3 Å². The predicted molar refractivity (Wildman–Crippen MR) is 111 cm³/mol. The molecule has 0 saturated carbocycles. The predicted octanol–water partition coefficient (Wildman–Crippen LogP) is 6.12. The van der Waals surface area contributed by atoms with Crippen molar-refractivity contribution < 1.29 is 9.53 Å². The van der Waals surface area contributed by atoms with Gasteiger partial charge in [-0.05, 0) is 81.1 Å². The summed E-state index contributed by atoms with van der Waals surface area (Å²) in [6.45, 7) is 4.24. The molecule has 1 amide bonds. The first-order chi connectivity index (χ1) is 12.4. The number of hydrogen-bond donors (Lipinski definition) is 1. The third kappa shape index (κ3) is 4.88. The summed E-state index contributed by atoms with van der Waals surface area (Å²) >= 11 is 13.0. The number of hydrogen-bond acceptors (Lipinski definition) is 3. The lowest BCUT2D eigenvalue weighted by Gasteiger charge is -2.11. The van der Waals surface area contributed by atoms with Crippen molar-refractivity contribution in [1.82, 2.24) is 0 Å². The van der Waals surface area contributed by atoms with Gasteiger partial charge in [0.2, 0.25) is 0 Å². The second-order valence-corrected chi connectivity index (χ2v) is 7.42. The van der Waals surface area contributed by atoms with Crippen molar-refractivity contribution in [1.29, 1.82) is 5.26 Å². The quantitative estimate of drug-likeness (QED) is 0.399. The summed E-state index contributed by atoms with van der Waals surface area (Å²) in [5.74, 6) is 0.143. The van der Waals surface area contributed by atoms with Gasteiger partial charge < -0.3 is 10.1 Å². The van der Waals surface area contributed by atoms with Crippen LogP contribution >= 0.6 is 43.5 Å². The average Bonchev–Trinajstić information content (AvgIpc) is 2.59. The standard InChI is InChI=1S/C19H15Br2ClN2O2/c1-3-26-18-14(20)8-12(9-15(18)21)7-13(10-23)19(25)24-17-11(2)5-4-6-16(17)22/h4-9H,3H2,1-2H3,(H,24,25)/b13-7+. The Kier molecular flexibility index (Phi) is 7.27. The molecule has 2 rings (SSSR count). The van der Waals surface area contributed by atoms with E-state index in [1.807, 2.05) is 26.0 Å².